The monoisotopic (exact) mass is 256 g/mol. The van der Waals surface area contributed by atoms with E-state index >= 15 is 0 Å². The Morgan fingerprint density at radius 2 is 2.24 bits per heavy atom. The number of nitrogens with one attached hydrogen (secondary N) is 1. The van der Waals surface area contributed by atoms with Crippen LogP contribution in [0.2, 0.25) is 0 Å². The molecule has 0 saturated carbocycles. The van der Waals surface area contributed by atoms with Crippen LogP contribution in [0.25, 0.3) is 0 Å². The lowest BCUT2D eigenvalue weighted by Gasteiger charge is -2.04. The van der Waals surface area contributed by atoms with Gasteiger partial charge in [-0.2, -0.15) is 10.2 Å². The van der Waals surface area contributed by atoms with Crippen LogP contribution in [0.3, 0.4) is 0 Å². The highest BCUT2D eigenvalue weighted by Crippen LogP contribution is 2.18. The number of carbonyl (C=O) groups excluding carboxylic acids is 1. The van der Waals surface area contributed by atoms with E-state index in [1.165, 1.54) is 0 Å². The topological polar surface area (TPSA) is 111 Å². The van der Waals surface area contributed by atoms with E-state index in [0.717, 1.165) is 28.8 Å². The molecule has 0 bridgehead atoms. The summed E-state index contributed by atoms with van der Waals surface area (Å²) in [5.41, 5.74) is 7.79. The summed E-state index contributed by atoms with van der Waals surface area (Å²) in [6.45, 7) is 3.73. The number of hydrogen-bond donors (Lipinski definition) is 3. The molecule has 1 aromatic rings. The first kappa shape index (κ1) is 13.4. The zero-order valence-corrected chi connectivity index (χ0v) is 10.8. The van der Waals surface area contributed by atoms with Gasteiger partial charge in [0.1, 0.15) is 0 Å². The second-order valence-electron chi connectivity index (χ2n) is 3.47. The van der Waals surface area contributed by atoms with Crippen molar-refractivity contribution in [1.82, 2.24) is 9.78 Å². The van der Waals surface area contributed by atoms with E-state index in [9.17, 15) is 4.79 Å². The molecule has 0 spiro atoms. The number of anilines is 1. The quantitative estimate of drug-likeness (QED) is 0.302. The van der Waals surface area contributed by atoms with E-state index in [2.05, 4.69) is 15.5 Å². The molecule has 0 fully saturated rings. The highest BCUT2D eigenvalue weighted by atomic mass is 32.2. The first-order valence-corrected chi connectivity index (χ1v) is 5.90. The lowest BCUT2D eigenvalue weighted by Crippen LogP contribution is -2.19. The van der Waals surface area contributed by atoms with Crippen molar-refractivity contribution in [2.24, 2.45) is 23.7 Å². The first-order valence-electron chi connectivity index (χ1n) is 4.92. The zero-order valence-electron chi connectivity index (χ0n) is 10.0. The van der Waals surface area contributed by atoms with Gasteiger partial charge in [-0.15, -0.1) is 0 Å². The standard InChI is InChI=1S/C9H16N6OS/c1-5-8(6(2)15(3)14-5)12-7(16)4-17-9(10)13-11/h4,11H2,1-3H3,(H2,10,13)(H,12,16). The molecular formula is C9H16N6OS. The normalized spacial score (nSPS) is 11.6. The first-order chi connectivity index (χ1) is 7.95. The Bertz CT molecular complexity index is 453. The molecule has 8 heteroatoms. The number of amidine groups is 1. The lowest BCUT2D eigenvalue weighted by molar-refractivity contribution is -0.113. The predicted octanol–water partition coefficient (Wildman–Crippen LogP) is -0.103. The van der Waals surface area contributed by atoms with E-state index < -0.39 is 0 Å². The molecule has 5 N–H and O–H groups in total. The number of hydrazone groups is 1. The number of aromatic nitrogens is 2. The van der Waals surface area contributed by atoms with Gasteiger partial charge in [-0.05, 0) is 13.8 Å². The Balaban J connectivity index is 2.62. The summed E-state index contributed by atoms with van der Waals surface area (Å²) < 4.78 is 1.72. The maximum absolute atomic E-state index is 11.6. The van der Waals surface area contributed by atoms with Crippen LogP contribution >= 0.6 is 11.8 Å². The summed E-state index contributed by atoms with van der Waals surface area (Å²) >= 11 is 1.09. The van der Waals surface area contributed by atoms with Gasteiger partial charge in [0.05, 0.1) is 22.8 Å². The van der Waals surface area contributed by atoms with Crippen molar-refractivity contribution in [1.29, 1.82) is 0 Å². The van der Waals surface area contributed by atoms with Crippen molar-refractivity contribution in [2.75, 3.05) is 11.1 Å². The summed E-state index contributed by atoms with van der Waals surface area (Å²) in [7, 11) is 1.83. The second-order valence-corrected chi connectivity index (χ2v) is 4.47. The van der Waals surface area contributed by atoms with Crippen LogP contribution in [-0.4, -0.2) is 26.6 Å². The maximum atomic E-state index is 11.6. The van der Waals surface area contributed by atoms with Crippen LogP contribution < -0.4 is 16.9 Å². The molecule has 94 valence electrons. The van der Waals surface area contributed by atoms with E-state index in [1.807, 2.05) is 20.9 Å². The summed E-state index contributed by atoms with van der Waals surface area (Å²) in [4.78, 5) is 11.6. The number of carbonyl (C=O) groups is 1. The minimum absolute atomic E-state index is 0.166. The molecule has 0 aliphatic heterocycles. The van der Waals surface area contributed by atoms with Gasteiger partial charge in [0.2, 0.25) is 5.91 Å². The molecule has 7 nitrogen and oxygen atoms in total. The largest absolute Gasteiger partial charge is 0.377 e. The number of hydrogen-bond acceptors (Lipinski definition) is 5. The van der Waals surface area contributed by atoms with Crippen LogP contribution in [0.1, 0.15) is 11.4 Å². The van der Waals surface area contributed by atoms with Crippen molar-refractivity contribution in [2.45, 2.75) is 13.8 Å². The van der Waals surface area contributed by atoms with Gasteiger partial charge in [-0.3, -0.25) is 9.48 Å². The Hall–Kier alpha value is -1.70. The average Bonchev–Trinajstić information content (AvgIpc) is 2.53. The predicted molar refractivity (Wildman–Crippen MR) is 69.6 cm³/mol. The minimum atomic E-state index is -0.166. The molecule has 17 heavy (non-hydrogen) atoms. The van der Waals surface area contributed by atoms with E-state index in [-0.39, 0.29) is 16.8 Å². The fourth-order valence-electron chi connectivity index (χ4n) is 1.31. The molecule has 0 aliphatic carbocycles. The average molecular weight is 256 g/mol. The van der Waals surface area contributed by atoms with Crippen LogP contribution in [-0.2, 0) is 11.8 Å². The van der Waals surface area contributed by atoms with E-state index in [0.29, 0.717) is 0 Å². The third-order valence-electron chi connectivity index (χ3n) is 2.25. The lowest BCUT2D eigenvalue weighted by atomic mass is 10.3. The van der Waals surface area contributed by atoms with Gasteiger partial charge in [0.25, 0.3) is 0 Å². The summed E-state index contributed by atoms with van der Waals surface area (Å²) in [6, 6.07) is 0. The molecule has 1 rings (SSSR count). The minimum Gasteiger partial charge on any atom is -0.377 e. The van der Waals surface area contributed by atoms with Crippen LogP contribution in [0.4, 0.5) is 5.69 Å². The molecule has 1 aromatic heterocycles. The maximum Gasteiger partial charge on any atom is 0.234 e. The third kappa shape index (κ3) is 3.38. The number of nitrogens with zero attached hydrogens (tertiary/aromatic N) is 3. The van der Waals surface area contributed by atoms with Crippen LogP contribution in [0.5, 0.6) is 0 Å². The van der Waals surface area contributed by atoms with Crippen molar-refractivity contribution < 1.29 is 4.79 Å². The molecule has 0 saturated heterocycles. The highest BCUT2D eigenvalue weighted by molar-refractivity contribution is 8.14. The van der Waals surface area contributed by atoms with E-state index in [1.54, 1.807) is 4.68 Å². The smallest absolute Gasteiger partial charge is 0.234 e. The second kappa shape index (κ2) is 5.58. The van der Waals surface area contributed by atoms with Crippen molar-refractivity contribution in [3.05, 3.63) is 11.4 Å². The Morgan fingerprint density at radius 3 is 2.71 bits per heavy atom. The number of thioether (sulfide) groups is 1. The fourth-order valence-corrected chi connectivity index (χ4v) is 1.73. The van der Waals surface area contributed by atoms with E-state index in [4.69, 9.17) is 11.6 Å². The molecule has 0 radical (unpaired) electrons. The van der Waals surface area contributed by atoms with Gasteiger partial charge in [0.15, 0.2) is 5.17 Å². The van der Waals surface area contributed by atoms with Crippen LogP contribution in [0.15, 0.2) is 5.10 Å². The van der Waals surface area contributed by atoms with Gasteiger partial charge in [0, 0.05) is 7.05 Å². The number of amides is 1. The molecule has 0 unspecified atom stereocenters. The molecule has 0 aliphatic rings. The van der Waals surface area contributed by atoms with Gasteiger partial charge < -0.3 is 16.9 Å². The SMILES string of the molecule is Cc1nn(C)c(C)c1NC(=O)CSC(N)=NN. The third-order valence-corrected chi connectivity index (χ3v) is 3.06. The number of nitrogens with two attached hydrogens (primary N) is 2. The van der Waals surface area contributed by atoms with Crippen molar-refractivity contribution in [3.8, 4) is 0 Å². The molecule has 1 heterocycles. The Labute approximate surface area is 104 Å². The van der Waals surface area contributed by atoms with Gasteiger partial charge in [-0.1, -0.05) is 11.8 Å². The number of aryl methyl sites for hydroxylation is 2. The number of rotatable bonds is 3. The summed E-state index contributed by atoms with van der Waals surface area (Å²) in [5.74, 6) is 4.96. The zero-order chi connectivity index (χ0) is 13.0. The van der Waals surface area contributed by atoms with Gasteiger partial charge in [-0.25, -0.2) is 0 Å². The fraction of sp³-hybridized carbons (Fsp3) is 0.444. The van der Waals surface area contributed by atoms with Crippen molar-refractivity contribution in [3.63, 3.8) is 0 Å². The summed E-state index contributed by atoms with van der Waals surface area (Å²) in [6.07, 6.45) is 0. The molecule has 0 aromatic carbocycles. The Morgan fingerprint density at radius 1 is 1.59 bits per heavy atom. The Kier molecular flexibility index (Phi) is 4.38. The van der Waals surface area contributed by atoms with Crippen molar-refractivity contribution >= 4 is 28.5 Å². The summed E-state index contributed by atoms with van der Waals surface area (Å²) in [5, 5.41) is 10.4. The molecule has 0 atom stereocenters. The highest BCUT2D eigenvalue weighted by Gasteiger charge is 2.12. The van der Waals surface area contributed by atoms with Crippen LogP contribution in [0, 0.1) is 13.8 Å². The van der Waals surface area contributed by atoms with Gasteiger partial charge >= 0.3 is 0 Å². The molecule has 1 amide bonds. The molecular weight excluding hydrogens is 240 g/mol.